The van der Waals surface area contributed by atoms with Gasteiger partial charge in [0.2, 0.25) is 0 Å². The molecule has 0 saturated heterocycles. The molecule has 5 heteroatoms. The van der Waals surface area contributed by atoms with Gasteiger partial charge in [-0.1, -0.05) is 24.3 Å². The summed E-state index contributed by atoms with van der Waals surface area (Å²) in [6, 6.07) is 14.3. The fourth-order valence-electron chi connectivity index (χ4n) is 2.01. The van der Waals surface area contributed by atoms with E-state index in [1.807, 2.05) is 31.2 Å². The van der Waals surface area contributed by atoms with E-state index >= 15 is 0 Å². The summed E-state index contributed by atoms with van der Waals surface area (Å²) in [7, 11) is 1.58. The molecule has 0 saturated carbocycles. The summed E-state index contributed by atoms with van der Waals surface area (Å²) in [6.45, 7) is 2.47. The molecule has 3 N–H and O–H groups in total. The van der Waals surface area contributed by atoms with Crippen LogP contribution in [0.4, 0.5) is 10.5 Å². The van der Waals surface area contributed by atoms with Gasteiger partial charge < -0.3 is 16.0 Å². The second-order valence-corrected chi connectivity index (χ2v) is 4.89. The molecule has 2 aromatic rings. The van der Waals surface area contributed by atoms with Crippen LogP contribution in [-0.2, 0) is 6.54 Å². The van der Waals surface area contributed by atoms with Gasteiger partial charge in [-0.2, -0.15) is 0 Å². The molecular formula is C17H19N3O2. The van der Waals surface area contributed by atoms with Crippen molar-refractivity contribution in [3.8, 4) is 0 Å². The lowest BCUT2D eigenvalue weighted by molar-refractivity contribution is 0.0963. The second-order valence-electron chi connectivity index (χ2n) is 4.89. The predicted molar refractivity (Wildman–Crippen MR) is 86.9 cm³/mol. The number of benzene rings is 2. The van der Waals surface area contributed by atoms with Crippen LogP contribution < -0.4 is 16.0 Å². The first kappa shape index (κ1) is 15.6. The lowest BCUT2D eigenvalue weighted by atomic mass is 10.1. The molecule has 22 heavy (non-hydrogen) atoms. The van der Waals surface area contributed by atoms with E-state index in [2.05, 4.69) is 16.0 Å². The minimum absolute atomic E-state index is 0.157. The number of hydrogen-bond acceptors (Lipinski definition) is 2. The van der Waals surface area contributed by atoms with Crippen LogP contribution in [0, 0.1) is 6.92 Å². The molecule has 0 fully saturated rings. The highest BCUT2D eigenvalue weighted by atomic mass is 16.2. The zero-order valence-corrected chi connectivity index (χ0v) is 12.6. The Kier molecular flexibility index (Phi) is 5.14. The number of urea groups is 1. The average molecular weight is 297 g/mol. The Morgan fingerprint density at radius 3 is 2.32 bits per heavy atom. The van der Waals surface area contributed by atoms with Crippen molar-refractivity contribution in [2.75, 3.05) is 12.4 Å². The topological polar surface area (TPSA) is 70.2 Å². The van der Waals surface area contributed by atoms with E-state index < -0.39 is 0 Å². The average Bonchev–Trinajstić information content (AvgIpc) is 2.54. The maximum absolute atomic E-state index is 11.9. The maximum atomic E-state index is 11.9. The Labute approximate surface area is 129 Å². The van der Waals surface area contributed by atoms with E-state index in [9.17, 15) is 9.59 Å². The van der Waals surface area contributed by atoms with Gasteiger partial charge in [0.05, 0.1) is 0 Å². The molecule has 3 amide bonds. The van der Waals surface area contributed by atoms with Crippen LogP contribution in [0.2, 0.25) is 0 Å². The van der Waals surface area contributed by atoms with E-state index in [-0.39, 0.29) is 11.9 Å². The molecule has 114 valence electrons. The van der Waals surface area contributed by atoms with Crippen molar-refractivity contribution in [2.24, 2.45) is 0 Å². The van der Waals surface area contributed by atoms with Gasteiger partial charge in [0, 0.05) is 24.8 Å². The molecule has 2 aromatic carbocycles. The number of amides is 3. The normalized spacial score (nSPS) is 9.91. The highest BCUT2D eigenvalue weighted by molar-refractivity contribution is 5.95. The number of rotatable bonds is 4. The second kappa shape index (κ2) is 7.26. The first-order chi connectivity index (χ1) is 10.6. The first-order valence-electron chi connectivity index (χ1n) is 7.01. The van der Waals surface area contributed by atoms with Crippen molar-refractivity contribution in [3.05, 3.63) is 65.2 Å². The summed E-state index contributed by atoms with van der Waals surface area (Å²) < 4.78 is 0. The number of nitrogens with one attached hydrogen (secondary N) is 3. The van der Waals surface area contributed by atoms with Gasteiger partial charge in [-0.15, -0.1) is 0 Å². The molecule has 0 bridgehead atoms. The van der Waals surface area contributed by atoms with E-state index in [1.54, 1.807) is 31.3 Å². The minimum Gasteiger partial charge on any atom is -0.355 e. The van der Waals surface area contributed by atoms with Crippen LogP contribution in [0.25, 0.3) is 0 Å². The maximum Gasteiger partial charge on any atom is 0.319 e. The highest BCUT2D eigenvalue weighted by Crippen LogP contribution is 2.10. The molecule has 5 nitrogen and oxygen atoms in total. The third-order valence-electron chi connectivity index (χ3n) is 3.33. The summed E-state index contributed by atoms with van der Waals surface area (Å²) in [4.78, 5) is 23.3. The summed E-state index contributed by atoms with van der Waals surface area (Å²) in [5, 5.41) is 8.09. The molecule has 0 aromatic heterocycles. The minimum atomic E-state index is -0.282. The Morgan fingerprint density at radius 2 is 1.68 bits per heavy atom. The zero-order valence-electron chi connectivity index (χ0n) is 12.6. The van der Waals surface area contributed by atoms with Crippen LogP contribution in [-0.4, -0.2) is 19.0 Å². The number of aryl methyl sites for hydroxylation is 1. The number of carbonyl (C=O) groups is 2. The molecule has 0 radical (unpaired) electrons. The van der Waals surface area contributed by atoms with Gasteiger partial charge >= 0.3 is 6.03 Å². The molecule has 0 aliphatic rings. The van der Waals surface area contributed by atoms with Gasteiger partial charge in [0.25, 0.3) is 5.91 Å². The summed E-state index contributed by atoms with van der Waals surface area (Å²) in [6.07, 6.45) is 0. The Bertz CT molecular complexity index is 666. The molecule has 2 rings (SSSR count). The standard InChI is InChI=1S/C17H19N3O2/c1-12-5-3-4-6-14(12)11-19-17(22)20-15-9-7-13(8-10-15)16(21)18-2/h3-10H,11H2,1-2H3,(H,18,21)(H2,19,20,22). The fourth-order valence-corrected chi connectivity index (χ4v) is 2.01. The van der Waals surface area contributed by atoms with E-state index in [1.165, 1.54) is 0 Å². The van der Waals surface area contributed by atoms with Crippen molar-refractivity contribution >= 4 is 17.6 Å². The number of anilines is 1. The van der Waals surface area contributed by atoms with Crippen LogP contribution in [0.1, 0.15) is 21.5 Å². The lowest BCUT2D eigenvalue weighted by Gasteiger charge is -2.09. The Hall–Kier alpha value is -2.82. The van der Waals surface area contributed by atoms with Crippen molar-refractivity contribution < 1.29 is 9.59 Å². The van der Waals surface area contributed by atoms with Crippen LogP contribution in [0.3, 0.4) is 0 Å². The smallest absolute Gasteiger partial charge is 0.319 e. The van der Waals surface area contributed by atoms with Crippen LogP contribution in [0.15, 0.2) is 48.5 Å². The predicted octanol–water partition coefficient (Wildman–Crippen LogP) is 2.68. The van der Waals surface area contributed by atoms with Gasteiger partial charge in [-0.3, -0.25) is 4.79 Å². The highest BCUT2D eigenvalue weighted by Gasteiger charge is 2.05. The van der Waals surface area contributed by atoms with Crippen molar-refractivity contribution in [1.82, 2.24) is 10.6 Å². The van der Waals surface area contributed by atoms with E-state index in [0.29, 0.717) is 17.8 Å². The van der Waals surface area contributed by atoms with Crippen LogP contribution in [0.5, 0.6) is 0 Å². The first-order valence-corrected chi connectivity index (χ1v) is 7.01. The summed E-state index contributed by atoms with van der Waals surface area (Å²) >= 11 is 0. The monoisotopic (exact) mass is 297 g/mol. The third-order valence-corrected chi connectivity index (χ3v) is 3.33. The molecule has 0 heterocycles. The Balaban J connectivity index is 1.89. The van der Waals surface area contributed by atoms with Crippen molar-refractivity contribution in [2.45, 2.75) is 13.5 Å². The molecule has 0 aliphatic heterocycles. The number of hydrogen-bond donors (Lipinski definition) is 3. The molecule has 0 unspecified atom stereocenters. The van der Waals surface area contributed by atoms with Gasteiger partial charge in [0.1, 0.15) is 0 Å². The van der Waals surface area contributed by atoms with E-state index in [4.69, 9.17) is 0 Å². The Morgan fingerprint density at radius 1 is 1.00 bits per heavy atom. The quantitative estimate of drug-likeness (QED) is 0.812. The molecule has 0 aliphatic carbocycles. The molecular weight excluding hydrogens is 278 g/mol. The number of carbonyl (C=O) groups excluding carboxylic acids is 2. The van der Waals surface area contributed by atoms with E-state index in [0.717, 1.165) is 11.1 Å². The fraction of sp³-hybridized carbons (Fsp3) is 0.176. The van der Waals surface area contributed by atoms with Crippen molar-refractivity contribution in [3.63, 3.8) is 0 Å². The molecule has 0 spiro atoms. The van der Waals surface area contributed by atoms with Crippen LogP contribution >= 0.6 is 0 Å². The van der Waals surface area contributed by atoms with Crippen molar-refractivity contribution in [1.29, 1.82) is 0 Å². The summed E-state index contributed by atoms with van der Waals surface area (Å²) in [5.41, 5.74) is 3.40. The molecule has 0 atom stereocenters. The third kappa shape index (κ3) is 4.09. The largest absolute Gasteiger partial charge is 0.355 e. The van der Waals surface area contributed by atoms with Gasteiger partial charge in [0.15, 0.2) is 0 Å². The van der Waals surface area contributed by atoms with Gasteiger partial charge in [-0.05, 0) is 42.3 Å². The van der Waals surface area contributed by atoms with Gasteiger partial charge in [-0.25, -0.2) is 4.79 Å². The summed E-state index contributed by atoms with van der Waals surface area (Å²) in [5.74, 6) is -0.157. The zero-order chi connectivity index (χ0) is 15.9. The lowest BCUT2D eigenvalue weighted by Crippen LogP contribution is -2.28. The SMILES string of the molecule is CNC(=O)c1ccc(NC(=O)NCc2ccccc2C)cc1.